The molecule has 1 aliphatic heterocycles. The first-order chi connectivity index (χ1) is 12.3. The van der Waals surface area contributed by atoms with Gasteiger partial charge in [0, 0.05) is 37.2 Å². The Hall–Kier alpha value is -2.37. The number of piperidine rings is 1. The summed E-state index contributed by atoms with van der Waals surface area (Å²) in [4.78, 5) is 37.9. The van der Waals surface area contributed by atoms with E-state index in [0.29, 0.717) is 44.3 Å². The van der Waals surface area contributed by atoms with Crippen molar-refractivity contribution >= 4 is 23.3 Å². The molecule has 0 saturated carbocycles. The average molecular weight is 360 g/mol. The first-order valence-corrected chi connectivity index (χ1v) is 9.20. The lowest BCUT2D eigenvalue weighted by Crippen LogP contribution is -2.54. The zero-order valence-electron chi connectivity index (χ0n) is 15.7. The van der Waals surface area contributed by atoms with Gasteiger partial charge in [-0.25, -0.2) is 4.79 Å². The van der Waals surface area contributed by atoms with E-state index in [1.807, 2.05) is 26.0 Å². The van der Waals surface area contributed by atoms with Crippen LogP contribution in [0.4, 0.5) is 5.69 Å². The van der Waals surface area contributed by atoms with Gasteiger partial charge >= 0.3 is 5.97 Å². The molecule has 6 nitrogen and oxygen atoms in total. The van der Waals surface area contributed by atoms with E-state index in [1.54, 1.807) is 19.1 Å². The summed E-state index contributed by atoms with van der Waals surface area (Å²) < 4.78 is 0. The number of nitrogens with one attached hydrogen (secondary N) is 1. The highest BCUT2D eigenvalue weighted by molar-refractivity contribution is 5.98. The number of carboxylic acid groups (broad SMARTS) is 1. The summed E-state index contributed by atoms with van der Waals surface area (Å²) in [5.74, 6) is -0.950. The summed E-state index contributed by atoms with van der Waals surface area (Å²) in [5, 5.41) is 12.4. The van der Waals surface area contributed by atoms with E-state index in [1.165, 1.54) is 0 Å². The Morgan fingerprint density at radius 2 is 1.77 bits per heavy atom. The first-order valence-electron chi connectivity index (χ1n) is 9.20. The predicted molar refractivity (Wildman–Crippen MR) is 100 cm³/mol. The minimum Gasteiger partial charge on any atom is -0.480 e. The van der Waals surface area contributed by atoms with Crippen molar-refractivity contribution in [2.45, 2.75) is 52.0 Å². The van der Waals surface area contributed by atoms with Gasteiger partial charge in [-0.15, -0.1) is 0 Å². The molecule has 1 aromatic carbocycles. The topological polar surface area (TPSA) is 86.7 Å². The molecule has 1 aromatic rings. The van der Waals surface area contributed by atoms with Crippen LogP contribution in [-0.2, 0) is 9.59 Å². The van der Waals surface area contributed by atoms with Crippen molar-refractivity contribution in [1.82, 2.24) is 5.32 Å². The van der Waals surface area contributed by atoms with E-state index in [-0.39, 0.29) is 17.6 Å². The maximum absolute atomic E-state index is 12.6. The van der Waals surface area contributed by atoms with Crippen LogP contribution < -0.4 is 10.2 Å². The Balaban J connectivity index is 2.11. The van der Waals surface area contributed by atoms with Crippen molar-refractivity contribution in [1.29, 1.82) is 0 Å². The number of hydrogen-bond acceptors (Lipinski definition) is 4. The fraction of sp³-hybridized carbons (Fsp3) is 0.550. The van der Waals surface area contributed by atoms with E-state index in [0.717, 1.165) is 5.69 Å². The minimum atomic E-state index is -1.25. The third-order valence-corrected chi connectivity index (χ3v) is 4.94. The number of carbonyl (C=O) groups excluding carboxylic acids is 2. The number of ketones is 1. The Kier molecular flexibility index (Phi) is 6.40. The van der Waals surface area contributed by atoms with Gasteiger partial charge in [-0.2, -0.15) is 0 Å². The van der Waals surface area contributed by atoms with E-state index in [2.05, 4.69) is 10.2 Å². The number of nitrogens with zero attached hydrogens (tertiary/aromatic N) is 1. The maximum Gasteiger partial charge on any atom is 0.329 e. The van der Waals surface area contributed by atoms with Crippen molar-refractivity contribution in [3.63, 3.8) is 0 Å². The molecule has 2 rings (SSSR count). The zero-order chi connectivity index (χ0) is 19.3. The standard InChI is InChI=1S/C20H28N2O4/c1-4-20(19(25)26,13-14(2)3)21-18(24)15-5-7-16(8-6-15)22-11-9-17(23)10-12-22/h5-8,14H,4,9-13H2,1-3H3,(H,21,24)(H,25,26)/t20-/m0/s1. The molecule has 0 unspecified atom stereocenters. The Morgan fingerprint density at radius 3 is 2.23 bits per heavy atom. The predicted octanol–water partition coefficient (Wildman–Crippen LogP) is 2.87. The highest BCUT2D eigenvalue weighted by Gasteiger charge is 2.39. The molecule has 0 bridgehead atoms. The molecule has 6 heteroatoms. The average Bonchev–Trinajstić information content (AvgIpc) is 2.61. The molecule has 26 heavy (non-hydrogen) atoms. The van der Waals surface area contributed by atoms with Crippen molar-refractivity contribution in [2.24, 2.45) is 5.92 Å². The number of carbonyl (C=O) groups is 3. The molecule has 1 atom stereocenters. The van der Waals surface area contributed by atoms with Crippen LogP contribution >= 0.6 is 0 Å². The van der Waals surface area contributed by atoms with Crippen LogP contribution in [0.25, 0.3) is 0 Å². The molecular weight excluding hydrogens is 332 g/mol. The van der Waals surface area contributed by atoms with Gasteiger partial charge in [0.05, 0.1) is 0 Å². The zero-order valence-corrected chi connectivity index (χ0v) is 15.7. The number of amides is 1. The number of aliphatic carboxylic acids is 1. The Morgan fingerprint density at radius 1 is 1.19 bits per heavy atom. The molecular formula is C20H28N2O4. The molecule has 0 aliphatic carbocycles. The summed E-state index contributed by atoms with van der Waals surface area (Å²) in [6.07, 6.45) is 1.81. The summed E-state index contributed by atoms with van der Waals surface area (Å²) >= 11 is 0. The smallest absolute Gasteiger partial charge is 0.329 e. The Bertz CT molecular complexity index is 659. The van der Waals surface area contributed by atoms with E-state index in [4.69, 9.17) is 0 Å². The lowest BCUT2D eigenvalue weighted by atomic mass is 9.86. The monoisotopic (exact) mass is 360 g/mol. The summed E-state index contributed by atoms with van der Waals surface area (Å²) in [6.45, 7) is 7.04. The number of anilines is 1. The molecule has 1 aliphatic rings. The summed E-state index contributed by atoms with van der Waals surface area (Å²) in [5.41, 5.74) is 0.151. The van der Waals surface area contributed by atoms with Crippen LogP contribution in [0, 0.1) is 5.92 Å². The van der Waals surface area contributed by atoms with E-state index in [9.17, 15) is 19.5 Å². The number of hydrogen-bond donors (Lipinski definition) is 2. The number of rotatable bonds is 7. The van der Waals surface area contributed by atoms with Crippen molar-refractivity contribution < 1.29 is 19.5 Å². The molecule has 1 heterocycles. The molecule has 0 spiro atoms. The second kappa shape index (κ2) is 8.34. The third kappa shape index (κ3) is 4.62. The van der Waals surface area contributed by atoms with Crippen LogP contribution in [0.5, 0.6) is 0 Å². The molecule has 142 valence electrons. The lowest BCUT2D eigenvalue weighted by molar-refractivity contribution is -0.145. The van der Waals surface area contributed by atoms with Gasteiger partial charge in [-0.1, -0.05) is 20.8 Å². The number of carboxylic acids is 1. The summed E-state index contributed by atoms with van der Waals surface area (Å²) in [6, 6.07) is 7.11. The van der Waals surface area contributed by atoms with Gasteiger partial charge in [0.25, 0.3) is 5.91 Å². The van der Waals surface area contributed by atoms with Crippen LogP contribution in [0.1, 0.15) is 56.8 Å². The van der Waals surface area contributed by atoms with Crippen molar-refractivity contribution in [3.05, 3.63) is 29.8 Å². The quantitative estimate of drug-likeness (QED) is 0.781. The second-order valence-corrected chi connectivity index (χ2v) is 7.37. The van der Waals surface area contributed by atoms with Gasteiger partial charge in [-0.05, 0) is 43.0 Å². The number of Topliss-reactive ketones (excluding diaryl/α,β-unsaturated/α-hetero) is 1. The van der Waals surface area contributed by atoms with Gasteiger partial charge in [0.2, 0.25) is 0 Å². The highest BCUT2D eigenvalue weighted by Crippen LogP contribution is 2.23. The summed E-state index contributed by atoms with van der Waals surface area (Å²) in [7, 11) is 0. The molecule has 1 amide bonds. The van der Waals surface area contributed by atoms with E-state index < -0.39 is 11.5 Å². The second-order valence-electron chi connectivity index (χ2n) is 7.37. The SMILES string of the molecule is CC[C@@](CC(C)C)(NC(=O)c1ccc(N2CCC(=O)CC2)cc1)C(=O)O. The lowest BCUT2D eigenvalue weighted by Gasteiger charge is -2.31. The Labute approximate surface area is 154 Å². The van der Waals surface area contributed by atoms with E-state index >= 15 is 0 Å². The molecule has 0 radical (unpaired) electrons. The molecule has 1 fully saturated rings. The van der Waals surface area contributed by atoms with Crippen molar-refractivity contribution in [2.75, 3.05) is 18.0 Å². The molecule has 1 saturated heterocycles. The van der Waals surface area contributed by atoms with Crippen LogP contribution in [0.3, 0.4) is 0 Å². The van der Waals surface area contributed by atoms with Crippen LogP contribution in [0.2, 0.25) is 0 Å². The maximum atomic E-state index is 12.6. The van der Waals surface area contributed by atoms with Crippen LogP contribution in [0.15, 0.2) is 24.3 Å². The highest BCUT2D eigenvalue weighted by atomic mass is 16.4. The first kappa shape index (κ1) is 19.9. The van der Waals surface area contributed by atoms with Gasteiger partial charge < -0.3 is 15.3 Å². The van der Waals surface area contributed by atoms with Gasteiger partial charge in [0.15, 0.2) is 0 Å². The largest absolute Gasteiger partial charge is 0.480 e. The van der Waals surface area contributed by atoms with Crippen molar-refractivity contribution in [3.8, 4) is 0 Å². The molecule has 2 N–H and O–H groups in total. The third-order valence-electron chi connectivity index (χ3n) is 4.94. The fourth-order valence-electron chi connectivity index (χ4n) is 3.40. The molecule has 0 aromatic heterocycles. The van der Waals surface area contributed by atoms with Crippen LogP contribution in [-0.4, -0.2) is 41.4 Å². The minimum absolute atomic E-state index is 0.149. The number of benzene rings is 1. The fourth-order valence-corrected chi connectivity index (χ4v) is 3.40. The van der Waals surface area contributed by atoms with Gasteiger partial charge in [-0.3, -0.25) is 9.59 Å². The van der Waals surface area contributed by atoms with Gasteiger partial charge in [0.1, 0.15) is 11.3 Å². The normalized spacial score (nSPS) is 17.1.